The van der Waals surface area contributed by atoms with E-state index in [-0.39, 0.29) is 11.8 Å². The maximum Gasteiger partial charge on any atom is 0.247 e. The summed E-state index contributed by atoms with van der Waals surface area (Å²) in [5, 5.41) is 2.67. The van der Waals surface area contributed by atoms with E-state index in [4.69, 9.17) is 4.74 Å². The van der Waals surface area contributed by atoms with E-state index in [1.54, 1.807) is 26.0 Å². The molecule has 0 unspecified atom stereocenters. The highest BCUT2D eigenvalue weighted by Gasteiger charge is 2.30. The van der Waals surface area contributed by atoms with Gasteiger partial charge in [0.25, 0.3) is 0 Å². The van der Waals surface area contributed by atoms with Gasteiger partial charge in [-0.2, -0.15) is 0 Å². The van der Waals surface area contributed by atoms with Crippen molar-refractivity contribution in [2.45, 2.75) is 25.9 Å². The number of ether oxygens (including phenoxy) is 1. The second-order valence-corrected chi connectivity index (χ2v) is 5.65. The minimum absolute atomic E-state index is 0.0757. The van der Waals surface area contributed by atoms with Crippen LogP contribution in [0.2, 0.25) is 0 Å². The van der Waals surface area contributed by atoms with Crippen LogP contribution in [0.1, 0.15) is 30.5 Å². The topological polar surface area (TPSA) is 58.6 Å². The Bertz CT molecular complexity index is 699. The maximum atomic E-state index is 12.6. The first-order chi connectivity index (χ1) is 12.1. The largest absolute Gasteiger partial charge is 0.497 e. The van der Waals surface area contributed by atoms with Crippen molar-refractivity contribution in [2.24, 2.45) is 0 Å². The predicted octanol–water partition coefficient (Wildman–Crippen LogP) is 2.92. The fourth-order valence-corrected chi connectivity index (χ4v) is 2.70. The molecule has 5 nitrogen and oxygen atoms in total. The Morgan fingerprint density at radius 2 is 1.72 bits per heavy atom. The second kappa shape index (κ2) is 8.87. The molecular weight excluding hydrogens is 316 g/mol. The lowest BCUT2D eigenvalue weighted by Gasteiger charge is -2.31. The molecule has 2 aromatic rings. The first-order valence-corrected chi connectivity index (χ1v) is 8.29. The molecule has 0 aliphatic heterocycles. The molecule has 0 heterocycles. The van der Waals surface area contributed by atoms with Crippen molar-refractivity contribution in [1.29, 1.82) is 0 Å². The number of methoxy groups -OCH3 is 1. The molecule has 0 spiro atoms. The number of nitrogens with zero attached hydrogens (tertiary/aromatic N) is 1. The van der Waals surface area contributed by atoms with E-state index >= 15 is 0 Å². The van der Waals surface area contributed by atoms with E-state index < -0.39 is 6.04 Å². The number of amides is 2. The van der Waals surface area contributed by atoms with Crippen LogP contribution < -0.4 is 10.1 Å². The van der Waals surface area contributed by atoms with Gasteiger partial charge in [-0.3, -0.25) is 9.59 Å². The minimum atomic E-state index is -0.666. The Hall–Kier alpha value is -2.82. The third-order valence-electron chi connectivity index (χ3n) is 4.06. The summed E-state index contributed by atoms with van der Waals surface area (Å²) in [6, 6.07) is 16.2. The summed E-state index contributed by atoms with van der Waals surface area (Å²) in [7, 11) is 3.19. The van der Waals surface area contributed by atoms with Crippen LogP contribution in [0.25, 0.3) is 0 Å². The van der Waals surface area contributed by atoms with Gasteiger partial charge in [0.05, 0.1) is 7.11 Å². The van der Waals surface area contributed by atoms with Gasteiger partial charge >= 0.3 is 0 Å². The number of nitrogens with one attached hydrogen (secondary N) is 1. The molecule has 1 atom stereocenters. The molecule has 0 saturated heterocycles. The van der Waals surface area contributed by atoms with Gasteiger partial charge < -0.3 is 15.0 Å². The average molecular weight is 340 g/mol. The molecule has 0 fully saturated rings. The quantitative estimate of drug-likeness (QED) is 0.843. The number of carbonyl (C=O) groups excluding carboxylic acids is 2. The summed E-state index contributed by atoms with van der Waals surface area (Å²) in [6.07, 6.45) is 0.330. The van der Waals surface area contributed by atoms with Gasteiger partial charge in [-0.05, 0) is 23.3 Å². The van der Waals surface area contributed by atoms with Crippen LogP contribution in [0.15, 0.2) is 54.6 Å². The third-order valence-corrected chi connectivity index (χ3v) is 4.06. The summed E-state index contributed by atoms with van der Waals surface area (Å²) < 4.78 is 5.17. The highest BCUT2D eigenvalue weighted by molar-refractivity contribution is 5.88. The summed E-state index contributed by atoms with van der Waals surface area (Å²) >= 11 is 0. The van der Waals surface area contributed by atoms with Crippen molar-refractivity contribution in [2.75, 3.05) is 14.2 Å². The van der Waals surface area contributed by atoms with E-state index in [1.165, 1.54) is 0 Å². The van der Waals surface area contributed by atoms with Crippen LogP contribution in [-0.2, 0) is 16.1 Å². The summed E-state index contributed by atoms with van der Waals surface area (Å²) in [5.74, 6) is 0.470. The lowest BCUT2D eigenvalue weighted by Crippen LogP contribution is -2.42. The second-order valence-electron chi connectivity index (χ2n) is 5.65. The smallest absolute Gasteiger partial charge is 0.247 e. The van der Waals surface area contributed by atoms with E-state index in [0.717, 1.165) is 16.9 Å². The van der Waals surface area contributed by atoms with Crippen LogP contribution in [0.4, 0.5) is 0 Å². The molecule has 2 aromatic carbocycles. The minimum Gasteiger partial charge on any atom is -0.497 e. The van der Waals surface area contributed by atoms with Gasteiger partial charge in [0.1, 0.15) is 11.8 Å². The number of likely N-dealkylation sites (N-methyl/N-ethyl adjacent to an activating group) is 1. The molecule has 2 rings (SSSR count). The normalized spacial score (nSPS) is 11.5. The Morgan fingerprint density at radius 3 is 2.24 bits per heavy atom. The Kier molecular flexibility index (Phi) is 6.57. The van der Waals surface area contributed by atoms with Gasteiger partial charge in [-0.15, -0.1) is 0 Å². The van der Waals surface area contributed by atoms with E-state index in [2.05, 4.69) is 5.32 Å². The molecule has 1 N–H and O–H groups in total. The first kappa shape index (κ1) is 18.5. The summed E-state index contributed by atoms with van der Waals surface area (Å²) in [4.78, 5) is 26.8. The molecule has 0 saturated carbocycles. The maximum absolute atomic E-state index is 12.6. The molecule has 0 aromatic heterocycles. The monoisotopic (exact) mass is 340 g/mol. The number of rotatable bonds is 7. The van der Waals surface area contributed by atoms with Crippen molar-refractivity contribution < 1.29 is 14.3 Å². The van der Waals surface area contributed by atoms with Crippen molar-refractivity contribution >= 4 is 11.8 Å². The predicted molar refractivity (Wildman–Crippen MR) is 97.1 cm³/mol. The molecule has 0 aliphatic rings. The van der Waals surface area contributed by atoms with Crippen LogP contribution >= 0.6 is 0 Å². The van der Waals surface area contributed by atoms with E-state index in [1.807, 2.05) is 54.6 Å². The Labute approximate surface area is 148 Å². The first-order valence-electron chi connectivity index (χ1n) is 8.29. The summed E-state index contributed by atoms with van der Waals surface area (Å²) in [6.45, 7) is 2.15. The fraction of sp³-hybridized carbons (Fsp3) is 0.300. The molecular formula is C20H24N2O3. The van der Waals surface area contributed by atoms with Crippen molar-refractivity contribution in [3.05, 3.63) is 65.7 Å². The number of hydrogen-bond acceptors (Lipinski definition) is 3. The van der Waals surface area contributed by atoms with Crippen molar-refractivity contribution in [3.8, 4) is 5.75 Å². The van der Waals surface area contributed by atoms with Crippen LogP contribution in [-0.4, -0.2) is 30.9 Å². The van der Waals surface area contributed by atoms with Gasteiger partial charge in [0, 0.05) is 20.0 Å². The van der Waals surface area contributed by atoms with Crippen molar-refractivity contribution in [3.63, 3.8) is 0 Å². The molecule has 132 valence electrons. The Morgan fingerprint density at radius 1 is 1.08 bits per heavy atom. The lowest BCUT2D eigenvalue weighted by molar-refractivity contribution is -0.141. The van der Waals surface area contributed by atoms with Crippen LogP contribution in [0, 0.1) is 0 Å². The van der Waals surface area contributed by atoms with Crippen molar-refractivity contribution in [1.82, 2.24) is 10.2 Å². The molecule has 2 amide bonds. The van der Waals surface area contributed by atoms with E-state index in [9.17, 15) is 9.59 Å². The number of carbonyl (C=O) groups is 2. The zero-order chi connectivity index (χ0) is 18.2. The zero-order valence-electron chi connectivity index (χ0n) is 14.9. The Balaban J connectivity index is 2.38. The van der Waals surface area contributed by atoms with E-state index in [0.29, 0.717) is 13.0 Å². The van der Waals surface area contributed by atoms with Gasteiger partial charge in [-0.1, -0.05) is 49.4 Å². The standard InChI is InChI=1S/C20H24N2O3/c1-4-18(23)22(14-15-10-12-17(25-3)13-11-15)19(20(24)21-2)16-8-6-5-7-9-16/h5-13,19H,4,14H2,1-3H3,(H,21,24)/t19-/m0/s1. The fourth-order valence-electron chi connectivity index (χ4n) is 2.70. The average Bonchev–Trinajstić information content (AvgIpc) is 2.68. The molecule has 25 heavy (non-hydrogen) atoms. The molecule has 5 heteroatoms. The van der Waals surface area contributed by atoms with Crippen LogP contribution in [0.5, 0.6) is 5.75 Å². The third kappa shape index (κ3) is 4.59. The van der Waals surface area contributed by atoms with Crippen LogP contribution in [0.3, 0.4) is 0 Å². The SMILES string of the molecule is CCC(=O)N(Cc1ccc(OC)cc1)[C@H](C(=O)NC)c1ccccc1. The highest BCUT2D eigenvalue weighted by atomic mass is 16.5. The highest BCUT2D eigenvalue weighted by Crippen LogP contribution is 2.25. The number of benzene rings is 2. The molecule has 0 radical (unpaired) electrons. The van der Waals surface area contributed by atoms with Gasteiger partial charge in [-0.25, -0.2) is 0 Å². The number of hydrogen-bond donors (Lipinski definition) is 1. The summed E-state index contributed by atoms with van der Waals surface area (Å²) in [5.41, 5.74) is 1.73. The van der Waals surface area contributed by atoms with Gasteiger partial charge in [0.2, 0.25) is 11.8 Å². The van der Waals surface area contributed by atoms with Gasteiger partial charge in [0.15, 0.2) is 0 Å². The molecule has 0 aliphatic carbocycles. The zero-order valence-corrected chi connectivity index (χ0v) is 14.9. The molecule has 0 bridgehead atoms. The lowest BCUT2D eigenvalue weighted by atomic mass is 10.0.